The second-order valence-electron chi connectivity index (χ2n) is 4.66. The Morgan fingerprint density at radius 1 is 1.47 bits per heavy atom. The lowest BCUT2D eigenvalue weighted by Gasteiger charge is -2.15. The van der Waals surface area contributed by atoms with E-state index in [1.165, 1.54) is 0 Å². The molecule has 102 valence electrons. The predicted molar refractivity (Wildman–Crippen MR) is 69.4 cm³/mol. The van der Waals surface area contributed by atoms with Gasteiger partial charge in [0.1, 0.15) is 5.76 Å². The van der Waals surface area contributed by atoms with Crippen molar-refractivity contribution in [3.8, 4) is 0 Å². The molecule has 0 aliphatic rings. The molecule has 6 heteroatoms. The van der Waals surface area contributed by atoms with Crippen LogP contribution in [0.5, 0.6) is 0 Å². The van der Waals surface area contributed by atoms with Crippen molar-refractivity contribution >= 4 is 5.91 Å². The van der Waals surface area contributed by atoms with Crippen LogP contribution in [0.2, 0.25) is 0 Å². The second-order valence-corrected chi connectivity index (χ2v) is 4.66. The third kappa shape index (κ3) is 3.21. The maximum absolute atomic E-state index is 12.0. The van der Waals surface area contributed by atoms with Crippen LogP contribution in [0.4, 0.5) is 0 Å². The van der Waals surface area contributed by atoms with Crippen LogP contribution >= 0.6 is 0 Å². The average molecular weight is 262 g/mol. The van der Waals surface area contributed by atoms with Crippen LogP contribution in [0.25, 0.3) is 0 Å². The molecule has 6 nitrogen and oxygen atoms in total. The number of aromatic amines is 1. The fraction of sp³-hybridized carbons (Fsp3) is 0.462. The number of amides is 1. The average Bonchev–Trinajstić information content (AvgIpc) is 2.98. The van der Waals surface area contributed by atoms with Gasteiger partial charge in [-0.05, 0) is 20.3 Å². The molecule has 0 aliphatic carbocycles. The fourth-order valence-corrected chi connectivity index (χ4v) is 2.01. The number of nitrogens with zero attached hydrogens (tertiary/aromatic N) is 3. The quantitative estimate of drug-likeness (QED) is 0.888. The number of carbonyl (C=O) groups is 1. The van der Waals surface area contributed by atoms with Crippen LogP contribution in [-0.2, 0) is 17.8 Å². The number of rotatable bonds is 5. The first-order valence-electron chi connectivity index (χ1n) is 6.21. The first-order chi connectivity index (χ1) is 9.08. The van der Waals surface area contributed by atoms with E-state index in [9.17, 15) is 4.79 Å². The molecule has 2 rings (SSSR count). The minimum atomic E-state index is 0.0983. The van der Waals surface area contributed by atoms with Crippen molar-refractivity contribution in [2.45, 2.75) is 33.2 Å². The molecular formula is C13H18N4O2. The van der Waals surface area contributed by atoms with E-state index in [-0.39, 0.29) is 5.91 Å². The van der Waals surface area contributed by atoms with Gasteiger partial charge in [-0.1, -0.05) is 5.16 Å². The minimum absolute atomic E-state index is 0.0983. The summed E-state index contributed by atoms with van der Waals surface area (Å²) in [4.78, 5) is 13.7. The molecule has 0 atom stereocenters. The molecule has 1 amide bonds. The van der Waals surface area contributed by atoms with Crippen molar-refractivity contribution < 1.29 is 9.32 Å². The van der Waals surface area contributed by atoms with Gasteiger partial charge in [-0.3, -0.25) is 9.89 Å². The smallest absolute Gasteiger partial charge is 0.222 e. The standard InChI is InChI=1S/C13H18N4O2/c1-9-12(10(2)19-16-9)4-5-13(18)17(3)8-11-6-14-15-7-11/h6-7H,4-5,8H2,1-3H3,(H,14,15). The van der Waals surface area contributed by atoms with E-state index < -0.39 is 0 Å². The molecule has 0 spiro atoms. The van der Waals surface area contributed by atoms with E-state index >= 15 is 0 Å². The van der Waals surface area contributed by atoms with E-state index in [1.807, 2.05) is 13.8 Å². The number of H-pyrrole nitrogens is 1. The summed E-state index contributed by atoms with van der Waals surface area (Å²) >= 11 is 0. The summed E-state index contributed by atoms with van der Waals surface area (Å²) in [5.74, 6) is 0.893. The van der Waals surface area contributed by atoms with Gasteiger partial charge in [0.05, 0.1) is 11.9 Å². The second kappa shape index (κ2) is 5.69. The molecule has 0 bridgehead atoms. The molecule has 1 N–H and O–H groups in total. The zero-order chi connectivity index (χ0) is 13.8. The van der Waals surface area contributed by atoms with Crippen molar-refractivity contribution in [3.05, 3.63) is 35.0 Å². The molecule has 2 aromatic heterocycles. The van der Waals surface area contributed by atoms with E-state index in [0.717, 1.165) is 22.6 Å². The molecule has 0 unspecified atom stereocenters. The lowest BCUT2D eigenvalue weighted by atomic mass is 10.1. The van der Waals surface area contributed by atoms with Crippen molar-refractivity contribution in [2.75, 3.05) is 7.05 Å². The third-order valence-corrected chi connectivity index (χ3v) is 3.17. The number of hydrogen-bond acceptors (Lipinski definition) is 4. The van der Waals surface area contributed by atoms with Crippen LogP contribution in [-0.4, -0.2) is 33.2 Å². The van der Waals surface area contributed by atoms with E-state index in [2.05, 4.69) is 15.4 Å². The van der Waals surface area contributed by atoms with Crippen LogP contribution in [0.15, 0.2) is 16.9 Å². The first kappa shape index (κ1) is 13.3. The summed E-state index contributed by atoms with van der Waals surface area (Å²) < 4.78 is 5.09. The van der Waals surface area contributed by atoms with Crippen LogP contribution in [0.1, 0.15) is 29.0 Å². The van der Waals surface area contributed by atoms with Gasteiger partial charge in [0.2, 0.25) is 5.91 Å². The highest BCUT2D eigenvalue weighted by molar-refractivity contribution is 5.76. The molecule has 0 radical (unpaired) electrons. The van der Waals surface area contributed by atoms with Gasteiger partial charge in [0, 0.05) is 37.3 Å². The van der Waals surface area contributed by atoms with Crippen molar-refractivity contribution in [1.82, 2.24) is 20.3 Å². The molecule has 2 aromatic rings. The summed E-state index contributed by atoms with van der Waals surface area (Å²) in [6.45, 7) is 4.33. The van der Waals surface area contributed by atoms with Crippen molar-refractivity contribution in [2.24, 2.45) is 0 Å². The Hall–Kier alpha value is -2.11. The Balaban J connectivity index is 1.87. The predicted octanol–water partition coefficient (Wildman–Crippen LogP) is 1.61. The topological polar surface area (TPSA) is 75.0 Å². The maximum Gasteiger partial charge on any atom is 0.222 e. The molecule has 0 saturated carbocycles. The van der Waals surface area contributed by atoms with Gasteiger partial charge in [0.15, 0.2) is 0 Å². The molecular weight excluding hydrogens is 244 g/mol. The number of nitrogens with one attached hydrogen (secondary N) is 1. The lowest BCUT2D eigenvalue weighted by Crippen LogP contribution is -2.26. The number of aromatic nitrogens is 3. The number of hydrogen-bond donors (Lipinski definition) is 1. The maximum atomic E-state index is 12.0. The lowest BCUT2D eigenvalue weighted by molar-refractivity contribution is -0.130. The molecule has 0 saturated heterocycles. The first-order valence-corrected chi connectivity index (χ1v) is 6.21. The normalized spacial score (nSPS) is 10.7. The zero-order valence-electron chi connectivity index (χ0n) is 11.4. The van der Waals surface area contributed by atoms with Crippen molar-refractivity contribution in [3.63, 3.8) is 0 Å². The van der Waals surface area contributed by atoms with Gasteiger partial charge in [0.25, 0.3) is 0 Å². The molecule has 2 heterocycles. The van der Waals surface area contributed by atoms with Crippen LogP contribution in [0.3, 0.4) is 0 Å². The highest BCUT2D eigenvalue weighted by atomic mass is 16.5. The molecule has 0 fully saturated rings. The molecule has 0 aromatic carbocycles. The summed E-state index contributed by atoms with van der Waals surface area (Å²) in [5, 5.41) is 10.5. The third-order valence-electron chi connectivity index (χ3n) is 3.17. The van der Waals surface area contributed by atoms with Gasteiger partial charge < -0.3 is 9.42 Å². The van der Waals surface area contributed by atoms with Crippen molar-refractivity contribution in [1.29, 1.82) is 0 Å². The summed E-state index contributed by atoms with van der Waals surface area (Å²) in [6.07, 6.45) is 4.63. The SMILES string of the molecule is Cc1noc(C)c1CCC(=O)N(C)Cc1cn[nH]c1. The zero-order valence-corrected chi connectivity index (χ0v) is 11.4. The van der Waals surface area contributed by atoms with Gasteiger partial charge in [-0.15, -0.1) is 0 Å². The Labute approximate surface area is 111 Å². The monoisotopic (exact) mass is 262 g/mol. The summed E-state index contributed by atoms with van der Waals surface area (Å²) in [5.41, 5.74) is 2.89. The van der Waals surface area contributed by atoms with Crippen LogP contribution < -0.4 is 0 Å². The van der Waals surface area contributed by atoms with E-state index in [1.54, 1.807) is 24.3 Å². The fourth-order valence-electron chi connectivity index (χ4n) is 2.01. The van der Waals surface area contributed by atoms with E-state index in [4.69, 9.17) is 4.52 Å². The largest absolute Gasteiger partial charge is 0.361 e. The highest BCUT2D eigenvalue weighted by Gasteiger charge is 2.14. The van der Waals surface area contributed by atoms with Gasteiger partial charge in [-0.25, -0.2) is 0 Å². The Bertz CT molecular complexity index is 525. The number of aryl methyl sites for hydroxylation is 2. The minimum Gasteiger partial charge on any atom is -0.361 e. The van der Waals surface area contributed by atoms with Gasteiger partial charge >= 0.3 is 0 Å². The summed E-state index contributed by atoms with van der Waals surface area (Å²) in [6, 6.07) is 0. The number of carbonyl (C=O) groups excluding carboxylic acids is 1. The summed E-state index contributed by atoms with van der Waals surface area (Å²) in [7, 11) is 1.79. The molecule has 0 aliphatic heterocycles. The highest BCUT2D eigenvalue weighted by Crippen LogP contribution is 2.15. The molecule has 19 heavy (non-hydrogen) atoms. The van der Waals surface area contributed by atoms with E-state index in [0.29, 0.717) is 19.4 Å². The Morgan fingerprint density at radius 2 is 2.26 bits per heavy atom. The Kier molecular flexibility index (Phi) is 3.99. The Morgan fingerprint density at radius 3 is 2.84 bits per heavy atom. The van der Waals surface area contributed by atoms with Crippen LogP contribution in [0, 0.1) is 13.8 Å². The van der Waals surface area contributed by atoms with Gasteiger partial charge in [-0.2, -0.15) is 5.10 Å².